The van der Waals surface area contributed by atoms with Crippen molar-refractivity contribution in [2.24, 2.45) is 0 Å². The number of nitrogens with one attached hydrogen (secondary N) is 3. The number of hydrogen-bond acceptors (Lipinski definition) is 5. The Bertz CT molecular complexity index is 1120. The molecule has 0 aliphatic rings. The van der Waals surface area contributed by atoms with Crippen LogP contribution in [-0.2, 0) is 16.1 Å². The van der Waals surface area contributed by atoms with Crippen LogP contribution in [0, 0.1) is 0 Å². The van der Waals surface area contributed by atoms with E-state index in [-0.39, 0.29) is 11.7 Å². The molecule has 7 heteroatoms. The molecule has 1 aromatic carbocycles. The molecular weight excluding hydrogens is 482 g/mol. The number of methoxy groups -OCH3 is 1. The molecule has 0 unspecified atom stereocenters. The van der Waals surface area contributed by atoms with E-state index in [0.717, 1.165) is 33.5 Å². The van der Waals surface area contributed by atoms with E-state index in [4.69, 9.17) is 17.0 Å². The van der Waals surface area contributed by atoms with Crippen LogP contribution in [0.2, 0.25) is 0 Å². The van der Waals surface area contributed by atoms with Crippen molar-refractivity contribution < 1.29 is 14.6 Å². The summed E-state index contributed by atoms with van der Waals surface area (Å²) in [6, 6.07) is 8.19. The maximum atomic E-state index is 12.6. The number of ether oxygens (including phenoxy) is 1. The SMILES string of the molecule is C=C/C=C(NCc1ccc(/C(C=C)=C/C=C)cc1)\C(C)=C\NC(=S)NC(=O)C(/C=C(/C)COC)=C/CO. The van der Waals surface area contributed by atoms with E-state index in [1.807, 2.05) is 38.1 Å². The lowest BCUT2D eigenvalue weighted by Crippen LogP contribution is -2.37. The van der Waals surface area contributed by atoms with Gasteiger partial charge < -0.3 is 20.5 Å². The van der Waals surface area contributed by atoms with Crippen LogP contribution in [0.3, 0.4) is 0 Å². The summed E-state index contributed by atoms with van der Waals surface area (Å²) in [6.07, 6.45) is 13.8. The predicted molar refractivity (Wildman–Crippen MR) is 158 cm³/mol. The highest BCUT2D eigenvalue weighted by Crippen LogP contribution is 2.17. The highest BCUT2D eigenvalue weighted by atomic mass is 32.1. The average molecular weight is 520 g/mol. The van der Waals surface area contributed by atoms with Crippen LogP contribution in [0.1, 0.15) is 25.0 Å². The number of amides is 1. The van der Waals surface area contributed by atoms with Crippen molar-refractivity contribution in [3.05, 3.63) is 126 Å². The van der Waals surface area contributed by atoms with Crippen LogP contribution in [0.25, 0.3) is 5.57 Å². The van der Waals surface area contributed by atoms with Crippen molar-refractivity contribution >= 4 is 28.8 Å². The fourth-order valence-corrected chi connectivity index (χ4v) is 3.33. The van der Waals surface area contributed by atoms with Gasteiger partial charge in [-0.05, 0) is 72.1 Å². The monoisotopic (exact) mass is 519 g/mol. The predicted octanol–water partition coefficient (Wildman–Crippen LogP) is 5.01. The second-order valence-electron chi connectivity index (χ2n) is 7.95. The maximum absolute atomic E-state index is 12.6. The lowest BCUT2D eigenvalue weighted by molar-refractivity contribution is -0.115. The molecule has 0 radical (unpaired) electrons. The second-order valence-corrected chi connectivity index (χ2v) is 8.36. The van der Waals surface area contributed by atoms with Crippen molar-refractivity contribution in [1.82, 2.24) is 16.0 Å². The fourth-order valence-electron chi connectivity index (χ4n) is 3.18. The molecule has 0 saturated carbocycles. The molecule has 0 heterocycles. The van der Waals surface area contributed by atoms with Gasteiger partial charge in [0.05, 0.1) is 13.2 Å². The quantitative estimate of drug-likeness (QED) is 0.157. The van der Waals surface area contributed by atoms with E-state index in [2.05, 4.69) is 47.8 Å². The summed E-state index contributed by atoms with van der Waals surface area (Å²) in [4.78, 5) is 12.6. The summed E-state index contributed by atoms with van der Waals surface area (Å²) in [6.45, 7) is 15.8. The molecule has 0 saturated heterocycles. The van der Waals surface area contributed by atoms with Crippen LogP contribution >= 0.6 is 12.2 Å². The summed E-state index contributed by atoms with van der Waals surface area (Å²) < 4.78 is 5.06. The van der Waals surface area contributed by atoms with Gasteiger partial charge in [-0.1, -0.05) is 68.3 Å². The summed E-state index contributed by atoms with van der Waals surface area (Å²) in [5.74, 6) is -0.431. The summed E-state index contributed by atoms with van der Waals surface area (Å²) in [7, 11) is 1.57. The molecule has 0 aliphatic heterocycles. The number of thiocarbonyl (C=S) groups is 1. The standard InChI is InChI=1S/C30H37N3O3S/c1-7-10-25(9-3)26-14-12-24(13-15-26)20-31-28(11-8-2)23(5)19-32-30(37)33-29(35)27(16-17-34)18-22(4)21-36-6/h7-16,18-19,31,34H,1-3,17,20-21H2,4-6H3,(H2,32,33,35,37)/b22-18-,23-19+,25-10+,27-16+,28-11+. The molecule has 1 aromatic rings. The van der Waals surface area contributed by atoms with Gasteiger partial charge in [0.2, 0.25) is 0 Å². The Balaban J connectivity index is 2.82. The molecule has 37 heavy (non-hydrogen) atoms. The van der Waals surface area contributed by atoms with E-state index in [1.54, 1.807) is 37.6 Å². The lowest BCUT2D eigenvalue weighted by Gasteiger charge is -2.13. The first kappa shape index (κ1) is 31.3. The van der Waals surface area contributed by atoms with Gasteiger partial charge in [-0.25, -0.2) is 0 Å². The van der Waals surface area contributed by atoms with Crippen LogP contribution < -0.4 is 16.0 Å². The van der Waals surface area contributed by atoms with E-state index in [9.17, 15) is 9.90 Å². The van der Waals surface area contributed by atoms with Gasteiger partial charge in [-0.3, -0.25) is 10.1 Å². The molecule has 1 amide bonds. The Kier molecular flexibility index (Phi) is 14.9. The summed E-state index contributed by atoms with van der Waals surface area (Å²) >= 11 is 5.27. The number of benzene rings is 1. The Morgan fingerprint density at radius 2 is 1.78 bits per heavy atom. The van der Waals surface area contributed by atoms with Gasteiger partial charge in [0.1, 0.15) is 0 Å². The molecule has 6 nitrogen and oxygen atoms in total. The van der Waals surface area contributed by atoms with Crippen LogP contribution in [0.5, 0.6) is 0 Å². The zero-order chi connectivity index (χ0) is 27.6. The Hall–Kier alpha value is -3.78. The Labute approximate surface area is 226 Å². The minimum Gasteiger partial charge on any atom is -0.392 e. The van der Waals surface area contributed by atoms with E-state index in [0.29, 0.717) is 18.7 Å². The second kappa shape index (κ2) is 17.6. The number of allylic oxidation sites excluding steroid dienone is 7. The normalized spacial score (nSPS) is 13.0. The molecule has 0 spiro atoms. The zero-order valence-corrected chi connectivity index (χ0v) is 22.7. The third-order valence-electron chi connectivity index (χ3n) is 4.99. The molecule has 0 bridgehead atoms. The highest BCUT2D eigenvalue weighted by Gasteiger charge is 2.09. The summed E-state index contributed by atoms with van der Waals surface area (Å²) in [5.41, 5.74) is 6.01. The van der Waals surface area contributed by atoms with Crippen molar-refractivity contribution in [2.45, 2.75) is 20.4 Å². The van der Waals surface area contributed by atoms with Crippen LogP contribution in [0.15, 0.2) is 115 Å². The first-order chi connectivity index (χ1) is 17.8. The molecule has 0 fully saturated rings. The topological polar surface area (TPSA) is 82.6 Å². The minimum atomic E-state index is -0.431. The third-order valence-corrected chi connectivity index (χ3v) is 5.21. The molecule has 0 aromatic heterocycles. The zero-order valence-electron chi connectivity index (χ0n) is 21.8. The molecule has 4 N–H and O–H groups in total. The van der Waals surface area contributed by atoms with Crippen molar-refractivity contribution in [3.8, 4) is 0 Å². The summed E-state index contributed by atoms with van der Waals surface area (Å²) in [5, 5.41) is 18.3. The van der Waals surface area contributed by atoms with Gasteiger partial charge in [0.15, 0.2) is 5.11 Å². The molecule has 0 atom stereocenters. The van der Waals surface area contributed by atoms with Gasteiger partial charge in [0.25, 0.3) is 5.91 Å². The van der Waals surface area contributed by atoms with Crippen LogP contribution in [-0.4, -0.2) is 36.4 Å². The number of aliphatic hydroxyl groups excluding tert-OH is 1. The lowest BCUT2D eigenvalue weighted by atomic mass is 10.0. The van der Waals surface area contributed by atoms with Gasteiger partial charge in [-0.15, -0.1) is 0 Å². The van der Waals surface area contributed by atoms with Gasteiger partial charge >= 0.3 is 0 Å². The van der Waals surface area contributed by atoms with E-state index in [1.165, 1.54) is 6.08 Å². The number of aliphatic hydroxyl groups is 1. The molecular formula is C30H37N3O3S. The molecule has 1 rings (SSSR count). The first-order valence-electron chi connectivity index (χ1n) is 11.7. The highest BCUT2D eigenvalue weighted by molar-refractivity contribution is 7.80. The molecule has 0 aliphatic carbocycles. The third kappa shape index (κ3) is 11.7. The van der Waals surface area contributed by atoms with E-state index < -0.39 is 5.91 Å². The average Bonchev–Trinajstić information content (AvgIpc) is 2.88. The largest absolute Gasteiger partial charge is 0.392 e. The van der Waals surface area contributed by atoms with Crippen molar-refractivity contribution in [3.63, 3.8) is 0 Å². The fraction of sp³-hybridized carbons (Fsp3) is 0.200. The minimum absolute atomic E-state index is 0.130. The van der Waals surface area contributed by atoms with Gasteiger partial charge in [0, 0.05) is 31.1 Å². The van der Waals surface area contributed by atoms with E-state index >= 15 is 0 Å². The first-order valence-corrected chi connectivity index (χ1v) is 12.1. The van der Waals surface area contributed by atoms with Crippen molar-refractivity contribution in [2.75, 3.05) is 20.3 Å². The number of hydrogen-bond donors (Lipinski definition) is 4. The maximum Gasteiger partial charge on any atom is 0.257 e. The molecule has 196 valence electrons. The number of rotatable bonds is 14. The smallest absolute Gasteiger partial charge is 0.257 e. The van der Waals surface area contributed by atoms with Gasteiger partial charge in [-0.2, -0.15) is 0 Å². The number of carbonyl (C=O) groups is 1. The van der Waals surface area contributed by atoms with Crippen molar-refractivity contribution in [1.29, 1.82) is 0 Å². The number of carbonyl (C=O) groups excluding carboxylic acids is 1. The Morgan fingerprint density at radius 1 is 1.11 bits per heavy atom. The Morgan fingerprint density at radius 3 is 2.35 bits per heavy atom. The van der Waals surface area contributed by atoms with Crippen LogP contribution in [0.4, 0.5) is 0 Å².